The van der Waals surface area contributed by atoms with E-state index in [4.69, 9.17) is 9.40 Å². The van der Waals surface area contributed by atoms with Gasteiger partial charge in [0.2, 0.25) is 0 Å². The normalized spacial score (nSPS) is 11.4. The van der Waals surface area contributed by atoms with Crippen molar-refractivity contribution >= 4 is 43.5 Å². The van der Waals surface area contributed by atoms with Crippen LogP contribution in [0.15, 0.2) is 150 Å². The Morgan fingerprint density at radius 1 is 0.468 bits per heavy atom. The van der Waals surface area contributed by atoms with Gasteiger partial charge in [-0.25, -0.2) is 4.98 Å². The summed E-state index contributed by atoms with van der Waals surface area (Å²) in [4.78, 5) is 14.2. The number of nitrogens with zero attached hydrogens (tertiary/aromatic N) is 4. The van der Waals surface area contributed by atoms with Crippen molar-refractivity contribution in [1.82, 2.24) is 15.0 Å². The molecule has 0 aliphatic rings. The summed E-state index contributed by atoms with van der Waals surface area (Å²) < 4.78 is 6.66. The first kappa shape index (κ1) is 26.7. The van der Waals surface area contributed by atoms with Crippen molar-refractivity contribution in [2.24, 2.45) is 0 Å². The maximum Gasteiger partial charge on any atom is 0.143 e. The predicted octanol–water partition coefficient (Wildman–Crippen LogP) is 10.6. The number of furan rings is 1. The Hall–Kier alpha value is -6.64. The summed E-state index contributed by atoms with van der Waals surface area (Å²) in [5, 5.41) is 15.9. The molecule has 0 atom stereocenters. The van der Waals surface area contributed by atoms with E-state index in [1.165, 1.54) is 0 Å². The third-order valence-electron chi connectivity index (χ3n) is 8.80. The van der Waals surface area contributed by atoms with Crippen LogP contribution in [0.5, 0.6) is 0 Å². The highest BCUT2D eigenvalue weighted by Gasteiger charge is 2.18. The number of benzene rings is 5. The van der Waals surface area contributed by atoms with Crippen LogP contribution in [0, 0.1) is 11.3 Å². The molecule has 0 bridgehead atoms. The van der Waals surface area contributed by atoms with Crippen LogP contribution < -0.4 is 0 Å². The lowest BCUT2D eigenvalue weighted by atomic mass is 9.92. The second-order valence-corrected chi connectivity index (χ2v) is 11.6. The van der Waals surface area contributed by atoms with E-state index in [9.17, 15) is 5.26 Å². The van der Waals surface area contributed by atoms with Gasteiger partial charge in [0.1, 0.15) is 11.2 Å². The molecule has 218 valence electrons. The molecule has 0 saturated carbocycles. The van der Waals surface area contributed by atoms with E-state index in [-0.39, 0.29) is 0 Å². The van der Waals surface area contributed by atoms with Crippen molar-refractivity contribution in [3.05, 3.63) is 151 Å². The molecule has 47 heavy (non-hydrogen) atoms. The largest absolute Gasteiger partial charge is 0.455 e. The molecule has 4 heterocycles. The van der Waals surface area contributed by atoms with Crippen molar-refractivity contribution < 1.29 is 4.42 Å². The van der Waals surface area contributed by atoms with Gasteiger partial charge in [0.25, 0.3) is 0 Å². The molecule has 9 aromatic rings. The summed E-state index contributed by atoms with van der Waals surface area (Å²) >= 11 is 0. The van der Waals surface area contributed by atoms with Gasteiger partial charge in [-0.3, -0.25) is 9.97 Å². The van der Waals surface area contributed by atoms with Crippen LogP contribution in [0.4, 0.5) is 0 Å². The van der Waals surface area contributed by atoms with E-state index >= 15 is 0 Å². The van der Waals surface area contributed by atoms with Crippen LogP contribution in [0.3, 0.4) is 0 Å². The molecule has 0 radical (unpaired) electrons. The Morgan fingerprint density at radius 2 is 1.06 bits per heavy atom. The van der Waals surface area contributed by atoms with Gasteiger partial charge in [-0.2, -0.15) is 5.26 Å². The molecule has 5 heteroatoms. The zero-order valence-electron chi connectivity index (χ0n) is 25.1. The Kier molecular flexibility index (Phi) is 6.12. The highest BCUT2D eigenvalue weighted by Crippen LogP contribution is 2.43. The number of fused-ring (bicyclic) bond motifs is 8. The van der Waals surface area contributed by atoms with E-state index in [1.54, 1.807) is 12.4 Å². The quantitative estimate of drug-likeness (QED) is 0.188. The number of aromatic nitrogens is 3. The van der Waals surface area contributed by atoms with Crippen LogP contribution in [-0.4, -0.2) is 15.0 Å². The molecule has 5 nitrogen and oxygen atoms in total. The molecule has 0 fully saturated rings. The maximum atomic E-state index is 9.29. The van der Waals surface area contributed by atoms with E-state index < -0.39 is 0 Å². The average molecular weight is 601 g/mol. The van der Waals surface area contributed by atoms with Crippen molar-refractivity contribution in [3.63, 3.8) is 0 Å². The second kappa shape index (κ2) is 10.8. The first-order valence-electron chi connectivity index (χ1n) is 15.4. The number of hydrogen-bond donors (Lipinski definition) is 0. The minimum atomic E-state index is 0.646. The Bertz CT molecular complexity index is 2610. The van der Waals surface area contributed by atoms with Gasteiger partial charge < -0.3 is 4.42 Å². The lowest BCUT2D eigenvalue weighted by molar-refractivity contribution is 0.673. The SMILES string of the molecule is N#Cc1ccc(-c2ccc3c4ccc(-c5cc(-c6ccccn6)nc(-c6ccccn6)c5)cc4c4oc5ccccc5c4c3c2)cc1. The number of hydrogen-bond acceptors (Lipinski definition) is 5. The molecule has 0 unspecified atom stereocenters. The average Bonchev–Trinajstić information content (AvgIpc) is 3.55. The zero-order chi connectivity index (χ0) is 31.3. The lowest BCUT2D eigenvalue weighted by Gasteiger charge is -2.12. The standard InChI is InChI=1S/C42H24N4O/c43-25-26-11-13-27(14-12-26)28-15-17-31-32-18-16-29(22-35(32)42-41(34(31)21-28)33-7-1-2-10-40(33)47-42)30-23-38(36-8-3-5-19-44-36)46-39(24-30)37-9-4-6-20-45-37/h1-24H. The van der Waals surface area contributed by atoms with E-state index in [0.717, 1.165) is 88.5 Å². The van der Waals surface area contributed by atoms with Crippen LogP contribution in [0.1, 0.15) is 5.56 Å². The molecule has 9 rings (SSSR count). The number of nitriles is 1. The summed E-state index contributed by atoms with van der Waals surface area (Å²) in [6, 6.07) is 47.3. The summed E-state index contributed by atoms with van der Waals surface area (Å²) in [6.07, 6.45) is 3.58. The second-order valence-electron chi connectivity index (χ2n) is 11.6. The Morgan fingerprint density at radius 3 is 1.72 bits per heavy atom. The Balaban J connectivity index is 1.30. The van der Waals surface area contributed by atoms with Gasteiger partial charge >= 0.3 is 0 Å². The van der Waals surface area contributed by atoms with Crippen LogP contribution in [-0.2, 0) is 0 Å². The fourth-order valence-corrected chi connectivity index (χ4v) is 6.54. The third-order valence-corrected chi connectivity index (χ3v) is 8.80. The molecule has 0 amide bonds. The van der Waals surface area contributed by atoms with Crippen LogP contribution in [0.2, 0.25) is 0 Å². The molecule has 4 aromatic heterocycles. The highest BCUT2D eigenvalue weighted by molar-refractivity contribution is 6.30. The monoisotopic (exact) mass is 600 g/mol. The fourth-order valence-electron chi connectivity index (χ4n) is 6.54. The molecule has 0 aliphatic carbocycles. The van der Waals surface area contributed by atoms with Crippen molar-refractivity contribution in [1.29, 1.82) is 5.26 Å². The fraction of sp³-hybridized carbons (Fsp3) is 0. The van der Waals surface area contributed by atoms with E-state index in [2.05, 4.69) is 76.7 Å². The summed E-state index contributed by atoms with van der Waals surface area (Å²) in [7, 11) is 0. The molecule has 5 aromatic carbocycles. The molecule has 0 saturated heterocycles. The van der Waals surface area contributed by atoms with Crippen LogP contribution in [0.25, 0.3) is 88.5 Å². The van der Waals surface area contributed by atoms with Crippen molar-refractivity contribution in [2.75, 3.05) is 0 Å². The topological polar surface area (TPSA) is 75.6 Å². The summed E-state index contributed by atoms with van der Waals surface area (Å²) in [5.74, 6) is 0. The van der Waals surface area contributed by atoms with Gasteiger partial charge in [0.15, 0.2) is 0 Å². The van der Waals surface area contributed by atoms with Crippen LogP contribution >= 0.6 is 0 Å². The van der Waals surface area contributed by atoms with Gasteiger partial charge in [0.05, 0.1) is 34.4 Å². The number of pyridine rings is 3. The van der Waals surface area contributed by atoms with E-state index in [1.807, 2.05) is 72.8 Å². The van der Waals surface area contributed by atoms with Gasteiger partial charge in [-0.1, -0.05) is 66.7 Å². The summed E-state index contributed by atoms with van der Waals surface area (Å²) in [6.45, 7) is 0. The number of para-hydroxylation sites is 1. The van der Waals surface area contributed by atoms with Crippen molar-refractivity contribution in [3.8, 4) is 51.1 Å². The van der Waals surface area contributed by atoms with Gasteiger partial charge in [-0.05, 0) is 105 Å². The summed E-state index contributed by atoms with van der Waals surface area (Å²) in [5.41, 5.74) is 9.74. The molecular weight excluding hydrogens is 576 g/mol. The Labute approximate surface area is 270 Å². The van der Waals surface area contributed by atoms with Crippen molar-refractivity contribution in [2.45, 2.75) is 0 Å². The highest BCUT2D eigenvalue weighted by atomic mass is 16.3. The minimum Gasteiger partial charge on any atom is -0.455 e. The molecule has 0 spiro atoms. The maximum absolute atomic E-state index is 9.29. The predicted molar refractivity (Wildman–Crippen MR) is 189 cm³/mol. The molecule has 0 N–H and O–H groups in total. The van der Waals surface area contributed by atoms with Gasteiger partial charge in [-0.15, -0.1) is 0 Å². The minimum absolute atomic E-state index is 0.646. The zero-order valence-corrected chi connectivity index (χ0v) is 25.1. The molecular formula is C42H24N4O. The van der Waals surface area contributed by atoms with E-state index in [0.29, 0.717) is 5.56 Å². The first-order chi connectivity index (χ1) is 23.2. The number of rotatable bonds is 4. The third kappa shape index (κ3) is 4.51. The lowest BCUT2D eigenvalue weighted by Crippen LogP contribution is -1.94. The molecule has 0 aliphatic heterocycles. The first-order valence-corrected chi connectivity index (χ1v) is 15.4. The smallest absolute Gasteiger partial charge is 0.143 e. The van der Waals surface area contributed by atoms with Gasteiger partial charge in [0, 0.05) is 28.6 Å².